The number of carbonyl (C=O) groups is 1. The fourth-order valence-electron chi connectivity index (χ4n) is 4.05. The molecule has 0 unspecified atom stereocenters. The van der Waals surface area contributed by atoms with Gasteiger partial charge in [0.2, 0.25) is 5.91 Å². The van der Waals surface area contributed by atoms with Crippen LogP contribution in [0.3, 0.4) is 0 Å². The molecule has 162 valence electrons. The van der Waals surface area contributed by atoms with E-state index >= 15 is 0 Å². The number of rotatable bonds is 5. The van der Waals surface area contributed by atoms with Crippen molar-refractivity contribution in [2.45, 2.75) is 25.7 Å². The molecule has 1 N–H and O–H groups in total. The van der Waals surface area contributed by atoms with Crippen LogP contribution in [0.4, 0.5) is 10.9 Å². The Morgan fingerprint density at radius 3 is 2.97 bits per heavy atom. The van der Waals surface area contributed by atoms with Crippen LogP contribution in [0.25, 0.3) is 16.8 Å². The van der Waals surface area contributed by atoms with Crippen LogP contribution in [-0.2, 0) is 4.79 Å². The van der Waals surface area contributed by atoms with Crippen LogP contribution in [0.2, 0.25) is 0 Å². The highest BCUT2D eigenvalue weighted by atomic mass is 32.1. The molecule has 8 heteroatoms. The maximum atomic E-state index is 12.8. The molecule has 5 rings (SSSR count). The lowest BCUT2D eigenvalue weighted by molar-refractivity contribution is -0.127. The van der Waals surface area contributed by atoms with Crippen molar-refractivity contribution < 1.29 is 4.79 Å². The summed E-state index contributed by atoms with van der Waals surface area (Å²) in [4.78, 5) is 28.5. The van der Waals surface area contributed by atoms with Crippen LogP contribution in [-0.4, -0.2) is 38.8 Å². The molecule has 0 saturated carbocycles. The number of fused-ring (bicyclic) bond motifs is 1. The highest BCUT2D eigenvalue weighted by molar-refractivity contribution is 7.13. The van der Waals surface area contributed by atoms with Gasteiger partial charge in [-0.15, -0.1) is 22.7 Å². The molecule has 32 heavy (non-hydrogen) atoms. The van der Waals surface area contributed by atoms with Gasteiger partial charge in [-0.2, -0.15) is 0 Å². The summed E-state index contributed by atoms with van der Waals surface area (Å²) in [5, 5.41) is 11.3. The molecule has 1 aliphatic rings. The van der Waals surface area contributed by atoms with Crippen LogP contribution in [0.1, 0.15) is 35.2 Å². The molecular formula is C24H23N5OS2. The molecular weight excluding hydrogens is 438 g/mol. The van der Waals surface area contributed by atoms with E-state index in [1.54, 1.807) is 41.0 Å². The van der Waals surface area contributed by atoms with Gasteiger partial charge in [-0.25, -0.2) is 15.0 Å². The third-order valence-corrected chi connectivity index (χ3v) is 7.08. The summed E-state index contributed by atoms with van der Waals surface area (Å²) in [6.07, 6.45) is 7.20. The van der Waals surface area contributed by atoms with Gasteiger partial charge in [0.25, 0.3) is 0 Å². The van der Waals surface area contributed by atoms with Gasteiger partial charge in [0.1, 0.15) is 5.82 Å². The van der Waals surface area contributed by atoms with Gasteiger partial charge in [-0.1, -0.05) is 24.3 Å². The van der Waals surface area contributed by atoms with E-state index in [9.17, 15) is 4.79 Å². The van der Waals surface area contributed by atoms with E-state index in [-0.39, 0.29) is 11.8 Å². The highest BCUT2D eigenvalue weighted by Gasteiger charge is 2.25. The van der Waals surface area contributed by atoms with Gasteiger partial charge < -0.3 is 10.2 Å². The molecule has 0 bridgehead atoms. The summed E-state index contributed by atoms with van der Waals surface area (Å²) in [5.41, 5.74) is 1.85. The zero-order valence-electron chi connectivity index (χ0n) is 17.7. The monoisotopic (exact) mass is 461 g/mol. The van der Waals surface area contributed by atoms with E-state index in [0.29, 0.717) is 6.54 Å². The molecule has 1 amide bonds. The van der Waals surface area contributed by atoms with Gasteiger partial charge in [-0.3, -0.25) is 4.79 Å². The maximum Gasteiger partial charge on any atom is 0.246 e. The number of benzene rings is 1. The van der Waals surface area contributed by atoms with Crippen LogP contribution in [0.5, 0.6) is 0 Å². The molecule has 0 spiro atoms. The average molecular weight is 462 g/mol. The third-order valence-electron chi connectivity index (χ3n) is 5.60. The van der Waals surface area contributed by atoms with E-state index in [1.807, 2.05) is 34.7 Å². The number of piperidine rings is 1. The maximum absolute atomic E-state index is 12.8. The zero-order valence-corrected chi connectivity index (χ0v) is 19.3. The van der Waals surface area contributed by atoms with Crippen molar-refractivity contribution in [1.82, 2.24) is 19.9 Å². The predicted octanol–water partition coefficient (Wildman–Crippen LogP) is 5.62. The Bertz CT molecular complexity index is 1260. The van der Waals surface area contributed by atoms with Crippen molar-refractivity contribution in [3.05, 3.63) is 69.8 Å². The van der Waals surface area contributed by atoms with Crippen LogP contribution < -0.4 is 5.32 Å². The van der Waals surface area contributed by atoms with Crippen LogP contribution in [0, 0.1) is 6.92 Å². The first-order valence-corrected chi connectivity index (χ1v) is 12.4. The van der Waals surface area contributed by atoms with Crippen molar-refractivity contribution in [2.24, 2.45) is 0 Å². The highest BCUT2D eigenvalue weighted by Crippen LogP contribution is 2.32. The minimum Gasteiger partial charge on any atom is -0.338 e. The number of thiazole rings is 2. The van der Waals surface area contributed by atoms with E-state index in [4.69, 9.17) is 4.98 Å². The second-order valence-electron chi connectivity index (χ2n) is 7.83. The van der Waals surface area contributed by atoms with E-state index in [1.165, 1.54) is 0 Å². The first-order chi connectivity index (χ1) is 15.7. The van der Waals surface area contributed by atoms with Crippen LogP contribution >= 0.6 is 22.7 Å². The molecule has 1 aromatic carbocycles. The predicted molar refractivity (Wildman–Crippen MR) is 132 cm³/mol. The Morgan fingerprint density at radius 2 is 2.16 bits per heavy atom. The van der Waals surface area contributed by atoms with Gasteiger partial charge in [-0.05, 0) is 37.3 Å². The standard InChI is InChI=1S/C24H23N5OS2/c1-16-26-19(15-32-16)8-9-22(30)29-11-4-6-18(14-29)21-13-17-5-2-3-7-20(17)23(27-21)28-24-25-10-12-31-24/h2-3,5,7-10,12-13,15,18H,4,6,11,14H2,1H3,(H,25,27,28)/b9-8+/t18-/m1/s1. The van der Waals surface area contributed by atoms with E-state index in [2.05, 4.69) is 33.5 Å². The van der Waals surface area contributed by atoms with Gasteiger partial charge in [0.05, 0.1) is 10.7 Å². The number of nitrogens with one attached hydrogen (secondary N) is 1. The normalized spacial score (nSPS) is 16.7. The lowest BCUT2D eigenvalue weighted by Crippen LogP contribution is -2.38. The Balaban J connectivity index is 1.38. The number of likely N-dealkylation sites (tertiary alicyclic amines) is 1. The molecule has 6 nitrogen and oxygen atoms in total. The number of anilines is 2. The molecule has 0 aliphatic carbocycles. The number of pyridine rings is 1. The molecule has 4 aromatic rings. The Morgan fingerprint density at radius 1 is 1.25 bits per heavy atom. The SMILES string of the molecule is Cc1nc(/C=C/C(=O)N2CCC[C@@H](c3cc4ccccc4c(Nc4nccs4)n3)C2)cs1. The Hall–Kier alpha value is -3.10. The minimum absolute atomic E-state index is 0.0299. The zero-order chi connectivity index (χ0) is 21.9. The molecule has 3 aromatic heterocycles. The fraction of sp³-hybridized carbons (Fsp3) is 0.250. The smallest absolute Gasteiger partial charge is 0.246 e. The molecule has 1 aliphatic heterocycles. The van der Waals surface area contributed by atoms with Gasteiger partial charge >= 0.3 is 0 Å². The summed E-state index contributed by atoms with van der Waals surface area (Å²) in [5.74, 6) is 1.04. The fourth-order valence-corrected chi connectivity index (χ4v) is 5.16. The van der Waals surface area contributed by atoms with Crippen molar-refractivity contribution in [2.75, 3.05) is 18.4 Å². The first kappa shape index (κ1) is 20.8. The largest absolute Gasteiger partial charge is 0.338 e. The third kappa shape index (κ3) is 4.56. The molecule has 1 saturated heterocycles. The lowest BCUT2D eigenvalue weighted by atomic mass is 9.93. The van der Waals surface area contributed by atoms with E-state index in [0.717, 1.165) is 57.5 Å². The quantitative estimate of drug-likeness (QED) is 0.391. The summed E-state index contributed by atoms with van der Waals surface area (Å²) >= 11 is 3.14. The number of hydrogen-bond donors (Lipinski definition) is 1. The summed E-state index contributed by atoms with van der Waals surface area (Å²) in [6.45, 7) is 3.40. The van der Waals surface area contributed by atoms with Crippen molar-refractivity contribution in [3.63, 3.8) is 0 Å². The van der Waals surface area contributed by atoms with Crippen molar-refractivity contribution >= 4 is 56.4 Å². The minimum atomic E-state index is 0.0299. The summed E-state index contributed by atoms with van der Waals surface area (Å²) in [7, 11) is 0. The Kier molecular flexibility index (Phi) is 5.96. The number of amides is 1. The van der Waals surface area contributed by atoms with Gasteiger partial charge in [0.15, 0.2) is 5.13 Å². The second kappa shape index (κ2) is 9.18. The summed E-state index contributed by atoms with van der Waals surface area (Å²) < 4.78 is 0. The average Bonchev–Trinajstić information content (AvgIpc) is 3.49. The number of aryl methyl sites for hydroxylation is 1. The number of carbonyl (C=O) groups excluding carboxylic acids is 1. The topological polar surface area (TPSA) is 71.0 Å². The number of aromatic nitrogens is 3. The van der Waals surface area contributed by atoms with Crippen LogP contribution in [0.15, 0.2) is 53.4 Å². The van der Waals surface area contributed by atoms with Crippen molar-refractivity contribution in [3.8, 4) is 0 Å². The Labute approximate surface area is 194 Å². The number of hydrogen-bond acceptors (Lipinski definition) is 7. The first-order valence-electron chi connectivity index (χ1n) is 10.6. The molecule has 1 fully saturated rings. The van der Waals surface area contributed by atoms with Crippen molar-refractivity contribution in [1.29, 1.82) is 0 Å². The van der Waals surface area contributed by atoms with E-state index < -0.39 is 0 Å². The molecule has 4 heterocycles. The molecule has 1 atom stereocenters. The molecule has 0 radical (unpaired) electrons. The second-order valence-corrected chi connectivity index (χ2v) is 9.78. The lowest BCUT2D eigenvalue weighted by Gasteiger charge is -2.32. The summed E-state index contributed by atoms with van der Waals surface area (Å²) in [6, 6.07) is 10.4. The number of nitrogens with zero attached hydrogens (tertiary/aromatic N) is 4. The van der Waals surface area contributed by atoms with Gasteiger partial charge in [0, 0.05) is 53.1 Å².